The first-order chi connectivity index (χ1) is 10.3. The van der Waals surface area contributed by atoms with Gasteiger partial charge in [-0.3, -0.25) is 4.68 Å². The number of hydrogen-bond acceptors (Lipinski definition) is 6. The molecule has 1 saturated heterocycles. The van der Waals surface area contributed by atoms with E-state index >= 15 is 0 Å². The molecule has 3 rings (SSSR count). The monoisotopic (exact) mass is 307 g/mol. The van der Waals surface area contributed by atoms with Crippen molar-refractivity contribution in [2.75, 3.05) is 30.4 Å². The van der Waals surface area contributed by atoms with Crippen LogP contribution in [-0.2, 0) is 6.54 Å². The van der Waals surface area contributed by atoms with Gasteiger partial charge in [0, 0.05) is 32.9 Å². The van der Waals surface area contributed by atoms with Crippen molar-refractivity contribution in [1.29, 1.82) is 0 Å². The molecule has 0 amide bonds. The maximum absolute atomic E-state index is 6.14. The molecule has 1 atom stereocenters. The van der Waals surface area contributed by atoms with Crippen LogP contribution >= 0.6 is 11.6 Å². The number of nitrogens with zero attached hydrogens (tertiary/aromatic N) is 6. The van der Waals surface area contributed by atoms with Crippen LogP contribution < -0.4 is 10.2 Å². The van der Waals surface area contributed by atoms with Crippen LogP contribution in [0.1, 0.15) is 12.8 Å². The van der Waals surface area contributed by atoms with Crippen LogP contribution in [0.25, 0.3) is 0 Å². The van der Waals surface area contributed by atoms with E-state index in [1.54, 1.807) is 6.20 Å². The van der Waals surface area contributed by atoms with Crippen LogP contribution in [0, 0.1) is 5.92 Å². The van der Waals surface area contributed by atoms with Crippen molar-refractivity contribution < 1.29 is 0 Å². The van der Waals surface area contributed by atoms with Crippen molar-refractivity contribution in [3.05, 3.63) is 23.9 Å². The minimum Gasteiger partial charge on any atom is -0.383 e. The molecule has 0 bridgehead atoms. The highest BCUT2D eigenvalue weighted by atomic mass is 35.5. The predicted octanol–water partition coefficient (Wildman–Crippen LogP) is 1.68. The Bertz CT molecular complexity index is 586. The van der Waals surface area contributed by atoms with E-state index in [2.05, 4.69) is 30.5 Å². The zero-order chi connectivity index (χ0) is 14.7. The van der Waals surface area contributed by atoms with Crippen LogP contribution in [0.4, 0.5) is 11.5 Å². The van der Waals surface area contributed by atoms with Crippen molar-refractivity contribution in [2.45, 2.75) is 19.4 Å². The van der Waals surface area contributed by atoms with Gasteiger partial charge in [0.2, 0.25) is 0 Å². The molecule has 8 heteroatoms. The fourth-order valence-electron chi connectivity index (χ4n) is 2.81. The number of rotatable bonds is 4. The van der Waals surface area contributed by atoms with E-state index in [-0.39, 0.29) is 0 Å². The van der Waals surface area contributed by atoms with E-state index in [4.69, 9.17) is 11.6 Å². The van der Waals surface area contributed by atoms with Gasteiger partial charge in [0.25, 0.3) is 0 Å². The molecule has 3 heterocycles. The van der Waals surface area contributed by atoms with Crippen molar-refractivity contribution >= 4 is 23.1 Å². The highest BCUT2D eigenvalue weighted by Crippen LogP contribution is 2.31. The lowest BCUT2D eigenvalue weighted by atomic mass is 9.98. The summed E-state index contributed by atoms with van der Waals surface area (Å²) >= 11 is 6.14. The molecule has 112 valence electrons. The van der Waals surface area contributed by atoms with E-state index in [1.807, 2.05) is 17.9 Å². The minimum absolute atomic E-state index is 0.459. The maximum Gasteiger partial charge on any atom is 0.157 e. The average Bonchev–Trinajstić information content (AvgIpc) is 3.00. The average molecular weight is 308 g/mol. The number of nitrogens with one attached hydrogen (secondary N) is 1. The van der Waals surface area contributed by atoms with Crippen LogP contribution in [0.15, 0.2) is 18.7 Å². The molecule has 1 unspecified atom stereocenters. The van der Waals surface area contributed by atoms with Crippen molar-refractivity contribution in [1.82, 2.24) is 25.0 Å². The molecule has 0 aromatic carbocycles. The zero-order valence-electron chi connectivity index (χ0n) is 11.9. The van der Waals surface area contributed by atoms with Crippen molar-refractivity contribution in [3.63, 3.8) is 0 Å². The molecule has 2 aromatic heterocycles. The van der Waals surface area contributed by atoms with E-state index in [0.29, 0.717) is 11.1 Å². The van der Waals surface area contributed by atoms with E-state index in [1.165, 1.54) is 12.7 Å². The molecule has 0 aliphatic carbocycles. The second-order valence-electron chi connectivity index (χ2n) is 5.19. The first-order valence-corrected chi connectivity index (χ1v) is 7.43. The third-order valence-electron chi connectivity index (χ3n) is 3.77. The topological polar surface area (TPSA) is 71.8 Å². The van der Waals surface area contributed by atoms with Gasteiger partial charge in [-0.05, 0) is 18.8 Å². The molecule has 0 saturated carbocycles. The summed E-state index contributed by atoms with van der Waals surface area (Å²) in [5, 5.41) is 11.5. The molecule has 1 fully saturated rings. The smallest absolute Gasteiger partial charge is 0.157 e. The van der Waals surface area contributed by atoms with Gasteiger partial charge in [0.1, 0.15) is 12.0 Å². The van der Waals surface area contributed by atoms with Crippen LogP contribution in [-0.4, -0.2) is 45.1 Å². The number of piperidine rings is 1. The largest absolute Gasteiger partial charge is 0.383 e. The normalized spacial score (nSPS) is 18.8. The first-order valence-electron chi connectivity index (χ1n) is 7.05. The molecule has 21 heavy (non-hydrogen) atoms. The third kappa shape index (κ3) is 3.07. The zero-order valence-corrected chi connectivity index (χ0v) is 12.7. The van der Waals surface area contributed by atoms with Crippen molar-refractivity contribution in [3.8, 4) is 0 Å². The van der Waals surface area contributed by atoms with Gasteiger partial charge < -0.3 is 10.2 Å². The third-order valence-corrected chi connectivity index (χ3v) is 4.05. The molecule has 7 nitrogen and oxygen atoms in total. The highest BCUT2D eigenvalue weighted by molar-refractivity contribution is 6.32. The number of halogens is 1. The van der Waals surface area contributed by atoms with Gasteiger partial charge in [-0.1, -0.05) is 16.8 Å². The standard InChI is InChI=1S/C13H18ClN7/c1-15-11-12(14)16-9-17-13(11)20-5-2-3-10(7-20)8-21-6-4-18-19-21/h4,6,9-10,15H,2-3,5,7-8H2,1H3. The molecule has 2 aromatic rings. The van der Waals surface area contributed by atoms with Crippen molar-refractivity contribution in [2.24, 2.45) is 5.92 Å². The lowest BCUT2D eigenvalue weighted by Gasteiger charge is -2.34. The predicted molar refractivity (Wildman–Crippen MR) is 81.5 cm³/mol. The van der Waals surface area contributed by atoms with Gasteiger partial charge in [0.15, 0.2) is 11.0 Å². The fraction of sp³-hybridized carbons (Fsp3) is 0.538. The molecule has 0 radical (unpaired) electrons. The molecule has 1 aliphatic heterocycles. The van der Waals surface area contributed by atoms with Gasteiger partial charge in [-0.15, -0.1) is 5.10 Å². The van der Waals surface area contributed by atoms with E-state index in [0.717, 1.165) is 37.6 Å². The summed E-state index contributed by atoms with van der Waals surface area (Å²) in [5.41, 5.74) is 0.792. The van der Waals surface area contributed by atoms with E-state index < -0.39 is 0 Å². The Morgan fingerprint density at radius 1 is 1.43 bits per heavy atom. The Labute approximate surface area is 128 Å². The summed E-state index contributed by atoms with van der Waals surface area (Å²) in [7, 11) is 1.84. The Morgan fingerprint density at radius 2 is 2.33 bits per heavy atom. The van der Waals surface area contributed by atoms with Crippen LogP contribution in [0.2, 0.25) is 5.15 Å². The molecule has 1 aliphatic rings. The Hall–Kier alpha value is -1.89. The van der Waals surface area contributed by atoms with Gasteiger partial charge in [-0.25, -0.2) is 9.97 Å². The first kappa shape index (κ1) is 14.1. The van der Waals surface area contributed by atoms with Crippen LogP contribution in [0.5, 0.6) is 0 Å². The maximum atomic E-state index is 6.14. The van der Waals surface area contributed by atoms with Gasteiger partial charge in [0.05, 0.1) is 6.20 Å². The summed E-state index contributed by atoms with van der Waals surface area (Å²) in [6, 6.07) is 0. The lowest BCUT2D eigenvalue weighted by molar-refractivity contribution is 0.347. The Kier molecular flexibility index (Phi) is 4.19. The molecular weight excluding hydrogens is 290 g/mol. The minimum atomic E-state index is 0.459. The Balaban J connectivity index is 1.75. The summed E-state index contributed by atoms with van der Waals surface area (Å²) < 4.78 is 1.89. The summed E-state index contributed by atoms with van der Waals surface area (Å²) in [6.07, 6.45) is 7.44. The summed E-state index contributed by atoms with van der Waals surface area (Å²) in [4.78, 5) is 10.7. The summed E-state index contributed by atoms with van der Waals surface area (Å²) in [6.45, 7) is 2.79. The van der Waals surface area contributed by atoms with E-state index in [9.17, 15) is 0 Å². The highest BCUT2D eigenvalue weighted by Gasteiger charge is 2.24. The fourth-order valence-corrected chi connectivity index (χ4v) is 3.03. The molecular formula is C13H18ClN7. The second kappa shape index (κ2) is 6.26. The lowest BCUT2D eigenvalue weighted by Crippen LogP contribution is -2.38. The summed E-state index contributed by atoms with van der Waals surface area (Å²) in [5.74, 6) is 1.40. The Morgan fingerprint density at radius 3 is 3.10 bits per heavy atom. The van der Waals surface area contributed by atoms with Gasteiger partial charge in [-0.2, -0.15) is 0 Å². The number of hydrogen-bond donors (Lipinski definition) is 1. The quantitative estimate of drug-likeness (QED) is 0.867. The second-order valence-corrected chi connectivity index (χ2v) is 5.55. The molecule has 1 N–H and O–H groups in total. The number of anilines is 2. The van der Waals surface area contributed by atoms with Crippen LogP contribution in [0.3, 0.4) is 0 Å². The van der Waals surface area contributed by atoms with Gasteiger partial charge >= 0.3 is 0 Å². The SMILES string of the molecule is CNc1c(Cl)ncnc1N1CCCC(Cn2ccnn2)C1. The molecule has 0 spiro atoms. The number of aromatic nitrogens is 5.